The summed E-state index contributed by atoms with van der Waals surface area (Å²) in [6, 6.07) is 10.0. The highest BCUT2D eigenvalue weighted by Crippen LogP contribution is 2.36. The molecule has 0 bridgehead atoms. The van der Waals surface area contributed by atoms with Gasteiger partial charge < -0.3 is 5.32 Å². The van der Waals surface area contributed by atoms with Crippen LogP contribution in [0.3, 0.4) is 0 Å². The number of amides is 3. The van der Waals surface area contributed by atoms with Crippen molar-refractivity contribution in [2.45, 2.75) is 63.2 Å². The molecule has 292 valence electrons. The van der Waals surface area contributed by atoms with E-state index in [-0.39, 0.29) is 36.2 Å². The molecule has 0 radical (unpaired) electrons. The lowest BCUT2D eigenvalue weighted by Crippen LogP contribution is -2.44. The van der Waals surface area contributed by atoms with Gasteiger partial charge in [0.25, 0.3) is 12.3 Å². The Labute approximate surface area is 316 Å². The molecule has 1 saturated carbocycles. The highest BCUT2D eigenvalue weighted by molar-refractivity contribution is 6.04. The molecule has 56 heavy (non-hydrogen) atoms. The Morgan fingerprint density at radius 1 is 1.04 bits per heavy atom. The molecular formula is C39H37F5N8O4. The summed E-state index contributed by atoms with van der Waals surface area (Å²) in [7, 11) is 3.63. The highest BCUT2D eigenvalue weighted by Gasteiger charge is 2.34. The number of carbonyl (C=O) groups excluding carboxylic acids is 3. The number of nitrogens with zero attached hydrogens (tertiary/aromatic N) is 6. The number of benzene rings is 2. The molecule has 2 N–H and O–H groups in total. The summed E-state index contributed by atoms with van der Waals surface area (Å²) >= 11 is 0. The summed E-state index contributed by atoms with van der Waals surface area (Å²) in [5.41, 5.74) is -0.657. The number of nitrogens with one attached hydrogen (secondary N) is 2. The van der Waals surface area contributed by atoms with Crippen LogP contribution in [0.2, 0.25) is 0 Å². The summed E-state index contributed by atoms with van der Waals surface area (Å²) in [4.78, 5) is 55.4. The maximum atomic E-state index is 14.1. The summed E-state index contributed by atoms with van der Waals surface area (Å²) in [5.74, 6) is 4.89. The normalized spacial score (nSPS) is 19.1. The average Bonchev–Trinajstić information content (AvgIpc) is 3.68. The van der Waals surface area contributed by atoms with Crippen LogP contribution in [0.15, 0.2) is 59.5 Å². The van der Waals surface area contributed by atoms with Crippen molar-refractivity contribution in [3.63, 3.8) is 0 Å². The second kappa shape index (κ2) is 15.3. The second-order valence-electron chi connectivity index (χ2n) is 14.3. The number of carbonyl (C=O) groups is 3. The number of rotatable bonds is 8. The van der Waals surface area contributed by atoms with Gasteiger partial charge in [-0.1, -0.05) is 17.9 Å². The molecule has 1 atom stereocenters. The molecule has 1 saturated heterocycles. The lowest BCUT2D eigenvalue weighted by atomic mass is 9.86. The predicted octanol–water partition coefficient (Wildman–Crippen LogP) is 5.99. The number of anilines is 1. The van der Waals surface area contributed by atoms with Crippen LogP contribution in [-0.4, -0.2) is 66.7 Å². The van der Waals surface area contributed by atoms with Gasteiger partial charge in [-0.15, -0.1) is 0 Å². The smallest absolute Gasteiger partial charge is 0.320 e. The van der Waals surface area contributed by atoms with Gasteiger partial charge in [-0.05, 0) is 87.5 Å². The van der Waals surface area contributed by atoms with Crippen LogP contribution in [-0.2, 0) is 22.8 Å². The first-order valence-corrected chi connectivity index (χ1v) is 18.0. The van der Waals surface area contributed by atoms with Gasteiger partial charge in [-0.25, -0.2) is 18.6 Å². The molecule has 2 fully saturated rings. The van der Waals surface area contributed by atoms with Crippen molar-refractivity contribution in [1.82, 2.24) is 34.1 Å². The zero-order chi connectivity index (χ0) is 39.9. The maximum absolute atomic E-state index is 14.1. The molecule has 1 aliphatic carbocycles. The van der Waals surface area contributed by atoms with Gasteiger partial charge in [-0.2, -0.15) is 18.3 Å². The Morgan fingerprint density at radius 3 is 2.52 bits per heavy atom. The number of aryl methyl sites for hydroxylation is 1. The van der Waals surface area contributed by atoms with Crippen LogP contribution in [0, 0.1) is 17.8 Å². The first-order valence-electron chi connectivity index (χ1n) is 18.0. The van der Waals surface area contributed by atoms with Crippen molar-refractivity contribution in [2.75, 3.05) is 25.5 Å². The Hall–Kier alpha value is -5.89. The lowest BCUT2D eigenvalue weighted by molar-refractivity contribution is -0.141. The van der Waals surface area contributed by atoms with E-state index >= 15 is 0 Å². The number of aromatic nitrogens is 5. The van der Waals surface area contributed by atoms with E-state index < -0.39 is 47.4 Å². The number of pyridine rings is 1. The molecule has 4 heterocycles. The van der Waals surface area contributed by atoms with E-state index in [9.17, 15) is 41.1 Å². The molecule has 17 heteroatoms. The Morgan fingerprint density at radius 2 is 1.80 bits per heavy atom. The van der Waals surface area contributed by atoms with E-state index in [1.807, 2.05) is 13.1 Å². The van der Waals surface area contributed by atoms with Crippen LogP contribution in [0.5, 0.6) is 0 Å². The van der Waals surface area contributed by atoms with Crippen molar-refractivity contribution < 1.29 is 36.3 Å². The summed E-state index contributed by atoms with van der Waals surface area (Å²) in [6.45, 7) is 1.32. The van der Waals surface area contributed by atoms with Gasteiger partial charge in [0, 0.05) is 42.7 Å². The maximum Gasteiger partial charge on any atom is 0.433 e. The highest BCUT2D eigenvalue weighted by atomic mass is 19.4. The van der Waals surface area contributed by atoms with E-state index in [1.54, 1.807) is 30.1 Å². The minimum Gasteiger partial charge on any atom is -0.320 e. The standard InChI is InChI=1S/C39H37F5N8O4/c1-49(16-4-5-22-10-13-30-32(17-22)50(2)38(56)52(30)31-14-15-34(53)47-37(31)55)20-23-8-11-25(12-9-23)51-21-24-18-29(26(35(40)41)19-28(24)48-51)46-36(54)27-6-3-7-33(45-27)39(42,43)44/h3,6-7,10,13,17-19,21,23,25,31,35H,8-9,11-12,14-16,20H2,1-2H3,(H,46,54)(H,47,53,55)/t23-,25-,31?. The van der Waals surface area contributed by atoms with Crippen molar-refractivity contribution in [2.24, 2.45) is 13.0 Å². The van der Waals surface area contributed by atoms with Crippen molar-refractivity contribution in [3.8, 4) is 11.8 Å². The first-order chi connectivity index (χ1) is 26.7. The Kier molecular flexibility index (Phi) is 10.5. The molecule has 2 aliphatic rings. The third-order valence-electron chi connectivity index (χ3n) is 10.4. The monoisotopic (exact) mass is 776 g/mol. The molecular weight excluding hydrogens is 739 g/mol. The second-order valence-corrected chi connectivity index (χ2v) is 14.3. The minimum atomic E-state index is -4.77. The molecule has 1 unspecified atom stereocenters. The number of hydrogen-bond donors (Lipinski definition) is 2. The van der Waals surface area contributed by atoms with Gasteiger partial charge in [0.15, 0.2) is 0 Å². The van der Waals surface area contributed by atoms with E-state index in [0.717, 1.165) is 49.9 Å². The summed E-state index contributed by atoms with van der Waals surface area (Å²) < 4.78 is 72.1. The largest absolute Gasteiger partial charge is 0.433 e. The SMILES string of the molecule is CN(CC#Cc1ccc2c(c1)n(C)c(=O)n2C1CCC(=O)NC1=O)C[C@H]1CC[C@H](n2cc3cc(NC(=O)c4cccc(C(F)(F)F)n4)c(C(F)F)cc3n2)CC1. The van der Waals surface area contributed by atoms with E-state index in [1.165, 1.54) is 21.3 Å². The first kappa shape index (κ1) is 38.4. The van der Waals surface area contributed by atoms with Gasteiger partial charge in [0.1, 0.15) is 17.4 Å². The zero-order valence-electron chi connectivity index (χ0n) is 30.4. The Bertz CT molecular complexity index is 2470. The number of fused-ring (bicyclic) bond motifs is 2. The third kappa shape index (κ3) is 7.92. The number of hydrogen-bond acceptors (Lipinski definition) is 7. The molecule has 3 amide bonds. The third-order valence-corrected chi connectivity index (χ3v) is 10.4. The number of imidazole rings is 1. The zero-order valence-corrected chi connectivity index (χ0v) is 30.4. The fourth-order valence-electron chi connectivity index (χ4n) is 7.53. The molecule has 2 aromatic carbocycles. The number of alkyl halides is 5. The number of imide groups is 1. The topological polar surface area (TPSA) is 136 Å². The average molecular weight is 777 g/mol. The van der Waals surface area contributed by atoms with Crippen molar-refractivity contribution in [1.29, 1.82) is 0 Å². The van der Waals surface area contributed by atoms with Gasteiger partial charge in [0.2, 0.25) is 11.8 Å². The molecule has 12 nitrogen and oxygen atoms in total. The van der Waals surface area contributed by atoms with Gasteiger partial charge in [-0.3, -0.25) is 38.4 Å². The summed E-state index contributed by atoms with van der Waals surface area (Å²) in [6.07, 6.45) is -2.19. The molecule has 5 aromatic rings. The molecule has 1 aliphatic heterocycles. The van der Waals surface area contributed by atoms with Gasteiger partial charge >= 0.3 is 11.9 Å². The fourth-order valence-corrected chi connectivity index (χ4v) is 7.53. The van der Waals surface area contributed by atoms with Crippen LogP contribution < -0.4 is 16.3 Å². The molecule has 3 aromatic heterocycles. The minimum absolute atomic E-state index is 0.0295. The number of piperidine rings is 1. The Balaban J connectivity index is 0.956. The molecule has 0 spiro atoms. The quantitative estimate of drug-likeness (QED) is 0.112. The van der Waals surface area contributed by atoms with Crippen LogP contribution in [0.4, 0.5) is 27.6 Å². The predicted molar refractivity (Wildman–Crippen MR) is 196 cm³/mol. The van der Waals surface area contributed by atoms with Crippen molar-refractivity contribution in [3.05, 3.63) is 87.7 Å². The van der Waals surface area contributed by atoms with E-state index in [0.29, 0.717) is 40.5 Å². The van der Waals surface area contributed by atoms with Crippen LogP contribution in [0.1, 0.15) is 84.3 Å². The fraction of sp³-hybridized carbons (Fsp3) is 0.385. The van der Waals surface area contributed by atoms with Gasteiger partial charge in [0.05, 0.1) is 34.8 Å². The summed E-state index contributed by atoms with van der Waals surface area (Å²) in [5, 5.41) is 9.68. The molecule has 7 rings (SSSR count). The van der Waals surface area contributed by atoms with Crippen molar-refractivity contribution >= 4 is 45.3 Å². The van der Waals surface area contributed by atoms with E-state index in [4.69, 9.17) is 0 Å². The van der Waals surface area contributed by atoms with Crippen LogP contribution >= 0.6 is 0 Å². The van der Waals surface area contributed by atoms with Crippen LogP contribution in [0.25, 0.3) is 21.9 Å². The number of halogens is 5. The van der Waals surface area contributed by atoms with E-state index in [2.05, 4.69) is 37.5 Å². The lowest BCUT2D eigenvalue weighted by Gasteiger charge is -2.30.